The molecule has 150 valence electrons. The molecule has 0 radical (unpaired) electrons. The number of benzene rings is 3. The normalized spacial score (nSPS) is 14.0. The Morgan fingerprint density at radius 3 is 2.53 bits per heavy atom. The van der Waals surface area contributed by atoms with Crippen LogP contribution in [-0.2, 0) is 20.7 Å². The molecule has 0 bridgehead atoms. The number of esters is 1. The fraction of sp³-hybridized carbons (Fsp3) is 0.120. The monoisotopic (exact) mass is 398 g/mol. The Hall–Kier alpha value is -3.86. The van der Waals surface area contributed by atoms with Gasteiger partial charge in [0.1, 0.15) is 0 Å². The van der Waals surface area contributed by atoms with E-state index < -0.39 is 0 Å². The second-order valence-corrected chi connectivity index (χ2v) is 6.92. The minimum atomic E-state index is -0.264. The Kier molecular flexibility index (Phi) is 5.61. The lowest BCUT2D eigenvalue weighted by molar-refractivity contribution is -0.142. The molecule has 0 aliphatic carbocycles. The van der Waals surface area contributed by atoms with E-state index in [4.69, 9.17) is 4.74 Å². The highest BCUT2D eigenvalue weighted by Gasteiger charge is 2.28. The molecule has 2 N–H and O–H groups in total. The Bertz CT molecular complexity index is 1120. The van der Waals surface area contributed by atoms with Gasteiger partial charge in [0.05, 0.1) is 24.3 Å². The number of hydrogen-bond acceptors (Lipinski definition) is 4. The fourth-order valence-electron chi connectivity index (χ4n) is 3.53. The van der Waals surface area contributed by atoms with Crippen LogP contribution in [0, 0.1) is 0 Å². The smallest absolute Gasteiger partial charge is 0.310 e. The Morgan fingerprint density at radius 1 is 0.967 bits per heavy atom. The summed E-state index contributed by atoms with van der Waals surface area (Å²) in [5.74, 6) is -0.411. The molecule has 1 amide bonds. The van der Waals surface area contributed by atoms with E-state index in [-0.39, 0.29) is 18.3 Å². The molecule has 0 saturated heterocycles. The van der Waals surface area contributed by atoms with Crippen molar-refractivity contribution in [3.63, 3.8) is 0 Å². The standard InChI is InChI=1S/C25H22N2O3/c1-2-30-22(28)16-17-9-8-12-19(15-17)26-24(18-10-4-3-5-11-18)23-20-13-6-7-14-21(20)27-25(23)29/h3-15,26H,2,16H2,1H3,(H,27,29). The van der Waals surface area contributed by atoms with Crippen LogP contribution < -0.4 is 10.6 Å². The minimum absolute atomic E-state index is 0.148. The van der Waals surface area contributed by atoms with Gasteiger partial charge in [0.2, 0.25) is 0 Å². The number of anilines is 2. The summed E-state index contributed by atoms with van der Waals surface area (Å²) in [4.78, 5) is 24.7. The number of carbonyl (C=O) groups is 2. The number of rotatable bonds is 6. The second kappa shape index (κ2) is 8.66. The molecule has 0 aromatic heterocycles. The number of para-hydroxylation sites is 1. The van der Waals surface area contributed by atoms with Crippen LogP contribution in [0.2, 0.25) is 0 Å². The van der Waals surface area contributed by atoms with Crippen molar-refractivity contribution in [2.24, 2.45) is 0 Å². The molecule has 0 atom stereocenters. The van der Waals surface area contributed by atoms with Crippen LogP contribution >= 0.6 is 0 Å². The third kappa shape index (κ3) is 4.10. The lowest BCUT2D eigenvalue weighted by atomic mass is 10.00. The number of fused-ring (bicyclic) bond motifs is 1. The summed E-state index contributed by atoms with van der Waals surface area (Å²) in [7, 11) is 0. The Morgan fingerprint density at radius 2 is 1.73 bits per heavy atom. The molecule has 4 rings (SSSR count). The molecule has 0 unspecified atom stereocenters. The summed E-state index contributed by atoms with van der Waals surface area (Å²) in [6.45, 7) is 2.15. The quantitative estimate of drug-likeness (QED) is 0.466. The van der Waals surface area contributed by atoms with Gasteiger partial charge in [-0.1, -0.05) is 60.7 Å². The largest absolute Gasteiger partial charge is 0.466 e. The zero-order valence-corrected chi connectivity index (χ0v) is 16.6. The zero-order chi connectivity index (χ0) is 20.9. The zero-order valence-electron chi connectivity index (χ0n) is 16.6. The molecule has 3 aromatic rings. The molecule has 3 aromatic carbocycles. The van der Waals surface area contributed by atoms with Gasteiger partial charge < -0.3 is 15.4 Å². The maximum absolute atomic E-state index is 12.9. The molecule has 5 nitrogen and oxygen atoms in total. The van der Waals surface area contributed by atoms with Crippen LogP contribution in [0.25, 0.3) is 11.3 Å². The third-order valence-corrected chi connectivity index (χ3v) is 4.83. The van der Waals surface area contributed by atoms with Crippen molar-refractivity contribution in [1.29, 1.82) is 0 Å². The third-order valence-electron chi connectivity index (χ3n) is 4.83. The highest BCUT2D eigenvalue weighted by Crippen LogP contribution is 2.37. The van der Waals surface area contributed by atoms with E-state index >= 15 is 0 Å². The second-order valence-electron chi connectivity index (χ2n) is 6.92. The van der Waals surface area contributed by atoms with E-state index in [1.54, 1.807) is 6.92 Å². The van der Waals surface area contributed by atoms with Gasteiger partial charge in [-0.15, -0.1) is 0 Å². The highest BCUT2D eigenvalue weighted by molar-refractivity contribution is 6.37. The SMILES string of the molecule is CCOC(=O)Cc1cccc(NC(=C2C(=O)Nc3ccccc32)c2ccccc2)c1. The topological polar surface area (TPSA) is 67.4 Å². The summed E-state index contributed by atoms with van der Waals surface area (Å²) >= 11 is 0. The predicted octanol–water partition coefficient (Wildman–Crippen LogP) is 4.72. The lowest BCUT2D eigenvalue weighted by Gasteiger charge is -2.15. The molecule has 0 fully saturated rings. The summed E-state index contributed by atoms with van der Waals surface area (Å²) in [6.07, 6.45) is 0.198. The van der Waals surface area contributed by atoms with Crippen LogP contribution in [0.1, 0.15) is 23.6 Å². The summed E-state index contributed by atoms with van der Waals surface area (Å²) < 4.78 is 5.05. The molecule has 30 heavy (non-hydrogen) atoms. The van der Waals surface area contributed by atoms with E-state index in [0.29, 0.717) is 17.9 Å². The first-order valence-corrected chi connectivity index (χ1v) is 9.87. The number of carbonyl (C=O) groups excluding carboxylic acids is 2. The van der Waals surface area contributed by atoms with Crippen molar-refractivity contribution < 1.29 is 14.3 Å². The average Bonchev–Trinajstić information content (AvgIpc) is 3.08. The van der Waals surface area contributed by atoms with Crippen molar-refractivity contribution in [3.05, 3.63) is 95.6 Å². The summed E-state index contributed by atoms with van der Waals surface area (Å²) in [5.41, 5.74) is 5.49. The van der Waals surface area contributed by atoms with Crippen molar-refractivity contribution in [3.8, 4) is 0 Å². The van der Waals surface area contributed by atoms with Crippen molar-refractivity contribution >= 4 is 34.5 Å². The number of nitrogens with one attached hydrogen (secondary N) is 2. The van der Waals surface area contributed by atoms with Gasteiger partial charge in [-0.3, -0.25) is 9.59 Å². The van der Waals surface area contributed by atoms with Gasteiger partial charge in [0, 0.05) is 16.9 Å². The van der Waals surface area contributed by atoms with Crippen molar-refractivity contribution in [2.45, 2.75) is 13.3 Å². The molecular weight excluding hydrogens is 376 g/mol. The minimum Gasteiger partial charge on any atom is -0.466 e. The first-order chi connectivity index (χ1) is 14.7. The molecule has 5 heteroatoms. The summed E-state index contributed by atoms with van der Waals surface area (Å²) in [5, 5.41) is 6.36. The van der Waals surface area contributed by atoms with Crippen LogP contribution in [-0.4, -0.2) is 18.5 Å². The Labute approximate surface area is 175 Å². The molecule has 1 aliphatic heterocycles. The maximum atomic E-state index is 12.9. The molecular formula is C25H22N2O3. The molecule has 1 heterocycles. The molecule has 0 spiro atoms. The fourth-order valence-corrected chi connectivity index (χ4v) is 3.53. The molecule has 1 aliphatic rings. The van der Waals surface area contributed by atoms with E-state index in [1.165, 1.54) is 0 Å². The predicted molar refractivity (Wildman–Crippen MR) is 119 cm³/mol. The molecule has 0 saturated carbocycles. The van der Waals surface area contributed by atoms with Crippen LogP contribution in [0.3, 0.4) is 0 Å². The average molecular weight is 398 g/mol. The van der Waals surface area contributed by atoms with Gasteiger partial charge >= 0.3 is 5.97 Å². The van der Waals surface area contributed by atoms with Crippen LogP contribution in [0.15, 0.2) is 78.9 Å². The lowest BCUT2D eigenvalue weighted by Crippen LogP contribution is -2.11. The number of amides is 1. The van der Waals surface area contributed by atoms with Crippen LogP contribution in [0.5, 0.6) is 0 Å². The van der Waals surface area contributed by atoms with E-state index in [2.05, 4.69) is 10.6 Å². The van der Waals surface area contributed by atoms with Crippen molar-refractivity contribution in [1.82, 2.24) is 0 Å². The first kappa shape index (κ1) is 19.5. The summed E-state index contributed by atoms with van der Waals surface area (Å²) in [6, 6.07) is 25.0. The van der Waals surface area contributed by atoms with Gasteiger partial charge in [-0.2, -0.15) is 0 Å². The number of hydrogen-bond donors (Lipinski definition) is 2. The van der Waals surface area contributed by atoms with Crippen molar-refractivity contribution in [2.75, 3.05) is 17.2 Å². The highest BCUT2D eigenvalue weighted by atomic mass is 16.5. The van der Waals surface area contributed by atoms with E-state index in [0.717, 1.165) is 28.1 Å². The first-order valence-electron chi connectivity index (χ1n) is 9.87. The Balaban J connectivity index is 1.75. The van der Waals surface area contributed by atoms with Gasteiger partial charge in [-0.25, -0.2) is 0 Å². The van der Waals surface area contributed by atoms with Crippen LogP contribution in [0.4, 0.5) is 11.4 Å². The van der Waals surface area contributed by atoms with Gasteiger partial charge in [0.25, 0.3) is 5.91 Å². The number of ether oxygens (including phenoxy) is 1. The van der Waals surface area contributed by atoms with Gasteiger partial charge in [-0.05, 0) is 36.2 Å². The maximum Gasteiger partial charge on any atom is 0.310 e. The van der Waals surface area contributed by atoms with E-state index in [1.807, 2.05) is 78.9 Å². The van der Waals surface area contributed by atoms with E-state index in [9.17, 15) is 9.59 Å². The van der Waals surface area contributed by atoms with Gasteiger partial charge in [0.15, 0.2) is 0 Å².